The zero-order valence-corrected chi connectivity index (χ0v) is 26.1. The Bertz CT molecular complexity index is 1320. The molecule has 4 fully saturated rings. The van der Waals surface area contributed by atoms with E-state index in [9.17, 15) is 24.3 Å². The Morgan fingerprint density at radius 3 is 2.40 bits per heavy atom. The van der Waals surface area contributed by atoms with Gasteiger partial charge in [-0.15, -0.1) is 0 Å². The van der Waals surface area contributed by atoms with Crippen LogP contribution in [-0.4, -0.2) is 71.7 Å². The van der Waals surface area contributed by atoms with Crippen LogP contribution in [0.4, 0.5) is 0 Å². The molecule has 0 bridgehead atoms. The van der Waals surface area contributed by atoms with Gasteiger partial charge in [-0.25, -0.2) is 4.79 Å². The van der Waals surface area contributed by atoms with Gasteiger partial charge in [0.05, 0.1) is 5.41 Å². The molecule has 2 aliphatic heterocycles. The number of rotatable bonds is 4. The van der Waals surface area contributed by atoms with Crippen LogP contribution in [0, 0.1) is 34.5 Å². The number of carbonyl (C=O) groups excluding carboxylic acids is 4. The maximum absolute atomic E-state index is 13.8. The Kier molecular flexibility index (Phi) is 7.07. The predicted octanol–water partition coefficient (Wildman–Crippen LogP) is 3.58. The van der Waals surface area contributed by atoms with Gasteiger partial charge in [0.25, 0.3) is 0 Å². The molecule has 2 heterocycles. The molecule has 0 amide bonds. The van der Waals surface area contributed by atoms with Crippen molar-refractivity contribution in [3.8, 4) is 0 Å². The average Bonchev–Trinajstić information content (AvgIpc) is 3.38. The number of ketones is 1. The van der Waals surface area contributed by atoms with Crippen LogP contribution < -0.4 is 0 Å². The molecule has 1 spiro atoms. The molecule has 12 atom stereocenters. The second kappa shape index (κ2) is 9.97. The normalized spacial score (nSPS) is 48.6. The highest BCUT2D eigenvalue weighted by atomic mass is 16.7. The number of methoxy groups -OCH3 is 1. The van der Waals surface area contributed by atoms with E-state index in [0.29, 0.717) is 37.7 Å². The minimum Gasteiger partial charge on any atom is -0.462 e. The number of ether oxygens (including phenoxy) is 5. The van der Waals surface area contributed by atoms with Gasteiger partial charge in [-0.2, -0.15) is 0 Å². The highest BCUT2D eigenvalue weighted by Gasteiger charge is 2.78. The van der Waals surface area contributed by atoms with Crippen LogP contribution in [0.15, 0.2) is 23.3 Å². The van der Waals surface area contributed by atoms with E-state index in [-0.39, 0.29) is 41.8 Å². The molecule has 6 rings (SSSR count). The maximum Gasteiger partial charge on any atom is 0.334 e. The van der Waals surface area contributed by atoms with Gasteiger partial charge in [-0.1, -0.05) is 11.6 Å². The molecule has 236 valence electrons. The molecule has 0 aromatic rings. The van der Waals surface area contributed by atoms with Crippen LogP contribution in [0.1, 0.15) is 80.1 Å². The third-order valence-electron chi connectivity index (χ3n) is 12.5. The standard InChI is InChI=1S/C33H44O10/c1-16-13-25(42-28(37)17(16)2)31(6)23-15-22(40-18(3)34)27-20-14-26(41-19(4)35)33(38)11-8-9-24(36)30(33,5)21(20)10-12-32(23,27)29(39-7)43-31/h8-9,20-23,25-27,29,38H,10-15H2,1-7H3/t20-,21+,22+,23-,25-,26-,27-,29+,30+,31-,32+,33+/m1/s1. The third-order valence-corrected chi connectivity index (χ3v) is 12.5. The lowest BCUT2D eigenvalue weighted by atomic mass is 9.42. The van der Waals surface area contributed by atoms with Gasteiger partial charge < -0.3 is 28.8 Å². The van der Waals surface area contributed by atoms with Gasteiger partial charge in [0.1, 0.15) is 29.5 Å². The Hall–Kier alpha value is -2.56. The number of aliphatic hydroxyl groups is 1. The first-order valence-electron chi connectivity index (χ1n) is 15.5. The second-order valence-electron chi connectivity index (χ2n) is 14.2. The number of cyclic esters (lactones) is 1. The van der Waals surface area contributed by atoms with Crippen molar-refractivity contribution in [2.75, 3.05) is 7.11 Å². The maximum atomic E-state index is 13.8. The SMILES string of the molecule is CO[C@H]1O[C@@](C)([C@H]2CC(C)=C(C)C(=O)O2)[C@H]2C[C@H](OC(C)=O)[C@H]3[C@@H]4C[C@@H](OC(C)=O)[C@@]5(O)CC=CC(=O)[C@]5(C)[C@H]4CC[C@@]132. The van der Waals surface area contributed by atoms with Crippen molar-refractivity contribution in [3.05, 3.63) is 23.3 Å². The number of fused-ring (bicyclic) bond motifs is 4. The quantitative estimate of drug-likeness (QED) is 0.377. The Balaban J connectivity index is 1.48. The van der Waals surface area contributed by atoms with Crippen LogP contribution in [0.5, 0.6) is 0 Å². The molecule has 10 nitrogen and oxygen atoms in total. The van der Waals surface area contributed by atoms with Crippen molar-refractivity contribution in [3.63, 3.8) is 0 Å². The van der Waals surface area contributed by atoms with Gasteiger partial charge >= 0.3 is 17.9 Å². The summed E-state index contributed by atoms with van der Waals surface area (Å²) in [5, 5.41) is 12.2. The van der Waals surface area contributed by atoms with Gasteiger partial charge in [0.15, 0.2) is 12.1 Å². The van der Waals surface area contributed by atoms with Gasteiger partial charge in [-0.05, 0) is 77.7 Å². The van der Waals surface area contributed by atoms with E-state index in [0.717, 1.165) is 5.57 Å². The summed E-state index contributed by atoms with van der Waals surface area (Å²) in [4.78, 5) is 51.5. The molecule has 3 saturated carbocycles. The van der Waals surface area contributed by atoms with Crippen LogP contribution in [0.25, 0.3) is 0 Å². The summed E-state index contributed by atoms with van der Waals surface area (Å²) in [7, 11) is 1.60. The van der Waals surface area contributed by atoms with E-state index in [2.05, 4.69) is 0 Å². The lowest BCUT2D eigenvalue weighted by Crippen LogP contribution is -2.71. The molecule has 1 N–H and O–H groups in total. The first kappa shape index (κ1) is 30.5. The van der Waals surface area contributed by atoms with Crippen LogP contribution in [0.3, 0.4) is 0 Å². The summed E-state index contributed by atoms with van der Waals surface area (Å²) in [6.07, 6.45) is 3.18. The molecular formula is C33H44O10. The van der Waals surface area contributed by atoms with Crippen molar-refractivity contribution >= 4 is 23.7 Å². The molecule has 0 unspecified atom stereocenters. The molecule has 0 radical (unpaired) electrons. The van der Waals surface area contributed by atoms with E-state index >= 15 is 0 Å². The van der Waals surface area contributed by atoms with E-state index in [4.69, 9.17) is 23.7 Å². The fourth-order valence-electron chi connectivity index (χ4n) is 10.5. The molecule has 6 aliphatic rings. The largest absolute Gasteiger partial charge is 0.462 e. The minimum absolute atomic E-state index is 0.190. The molecule has 43 heavy (non-hydrogen) atoms. The lowest BCUT2D eigenvalue weighted by molar-refractivity contribution is -0.263. The molecule has 4 aliphatic carbocycles. The minimum atomic E-state index is -1.57. The average molecular weight is 601 g/mol. The van der Waals surface area contributed by atoms with Crippen LogP contribution in [0.2, 0.25) is 0 Å². The Morgan fingerprint density at radius 2 is 1.77 bits per heavy atom. The number of esters is 3. The highest BCUT2D eigenvalue weighted by molar-refractivity contribution is 5.97. The van der Waals surface area contributed by atoms with Gasteiger partial charge in [-0.3, -0.25) is 14.4 Å². The summed E-state index contributed by atoms with van der Waals surface area (Å²) in [6.45, 7) is 10.2. The molecule has 0 aromatic heterocycles. The van der Waals surface area contributed by atoms with Crippen molar-refractivity contribution in [1.29, 1.82) is 0 Å². The highest BCUT2D eigenvalue weighted by Crippen LogP contribution is 2.73. The van der Waals surface area contributed by atoms with Crippen molar-refractivity contribution in [2.45, 2.75) is 116 Å². The van der Waals surface area contributed by atoms with Gasteiger partial charge in [0.2, 0.25) is 0 Å². The number of allylic oxidation sites excluding steroid dienone is 1. The van der Waals surface area contributed by atoms with E-state index in [1.165, 1.54) is 19.9 Å². The molecular weight excluding hydrogens is 556 g/mol. The molecule has 10 heteroatoms. The molecule has 0 aromatic carbocycles. The summed E-state index contributed by atoms with van der Waals surface area (Å²) < 4.78 is 30.8. The fraction of sp³-hybridized carbons (Fsp3) is 0.758. The topological polar surface area (TPSA) is 135 Å². The fourth-order valence-corrected chi connectivity index (χ4v) is 10.5. The van der Waals surface area contributed by atoms with E-state index in [1.54, 1.807) is 27.0 Å². The Morgan fingerprint density at radius 1 is 1.07 bits per heavy atom. The summed E-state index contributed by atoms with van der Waals surface area (Å²) in [5.74, 6) is -2.54. The predicted molar refractivity (Wildman–Crippen MR) is 151 cm³/mol. The third kappa shape index (κ3) is 3.94. The van der Waals surface area contributed by atoms with Crippen molar-refractivity contribution in [2.24, 2.45) is 34.5 Å². The Labute approximate surface area is 252 Å². The monoisotopic (exact) mass is 600 g/mol. The van der Waals surface area contributed by atoms with E-state index in [1.807, 2.05) is 13.8 Å². The number of carbonyl (C=O) groups is 4. The molecule has 1 saturated heterocycles. The zero-order valence-electron chi connectivity index (χ0n) is 26.1. The summed E-state index contributed by atoms with van der Waals surface area (Å²) in [5.41, 5.74) is -2.80. The van der Waals surface area contributed by atoms with Crippen molar-refractivity contribution < 1.29 is 48.0 Å². The second-order valence-corrected chi connectivity index (χ2v) is 14.2. The van der Waals surface area contributed by atoms with Crippen LogP contribution >= 0.6 is 0 Å². The summed E-state index contributed by atoms with van der Waals surface area (Å²) >= 11 is 0. The lowest BCUT2D eigenvalue weighted by Gasteiger charge is -2.63. The smallest absolute Gasteiger partial charge is 0.334 e. The zero-order chi connectivity index (χ0) is 31.3. The first-order valence-corrected chi connectivity index (χ1v) is 15.5. The van der Waals surface area contributed by atoms with E-state index < -0.39 is 58.6 Å². The first-order chi connectivity index (χ1) is 20.1. The summed E-state index contributed by atoms with van der Waals surface area (Å²) in [6, 6.07) is 0. The number of hydrogen-bond donors (Lipinski definition) is 1. The van der Waals surface area contributed by atoms with Crippen molar-refractivity contribution in [1.82, 2.24) is 0 Å². The van der Waals surface area contributed by atoms with Gasteiger partial charge in [0, 0.05) is 50.2 Å². The van der Waals surface area contributed by atoms with Crippen LogP contribution in [-0.2, 0) is 42.9 Å². The number of hydrogen-bond acceptors (Lipinski definition) is 10.